The molecule has 24 heteroatoms. The van der Waals surface area contributed by atoms with Gasteiger partial charge in [-0.3, -0.25) is 0 Å². The van der Waals surface area contributed by atoms with Crippen LogP contribution in [0.1, 0.15) is 50.9 Å². The maximum absolute atomic E-state index is 13.6. The zero-order valence-electron chi connectivity index (χ0n) is 38.4. The van der Waals surface area contributed by atoms with E-state index in [0.717, 1.165) is 16.5 Å². The van der Waals surface area contributed by atoms with Crippen molar-refractivity contribution in [3.8, 4) is 22.9 Å². The van der Waals surface area contributed by atoms with Gasteiger partial charge in [0.15, 0.2) is 48.6 Å². The number of fused-ring (bicyclic) bond motifs is 7. The summed E-state index contributed by atoms with van der Waals surface area (Å²) in [5.74, 6) is 2.29. The number of sulfone groups is 2. The van der Waals surface area contributed by atoms with E-state index in [4.69, 9.17) is 50.0 Å². The molecule has 1 aromatic carbocycles. The number of hydrogen-bond acceptors (Lipinski definition) is 18. The molecule has 9 heterocycles. The number of carbonyl (C=O) groups excluding carboxylic acids is 2. The van der Waals surface area contributed by atoms with Crippen LogP contribution in [0.15, 0.2) is 30.5 Å². The number of nitrogens with one attached hydrogen (secondary N) is 1. The predicted molar refractivity (Wildman–Crippen MR) is 250 cm³/mol. The second-order valence-electron chi connectivity index (χ2n) is 17.7. The third kappa shape index (κ3) is 8.61. The van der Waals surface area contributed by atoms with Crippen LogP contribution in [0.25, 0.3) is 22.3 Å². The van der Waals surface area contributed by atoms with Crippen LogP contribution in [0, 0.1) is 0 Å². The van der Waals surface area contributed by atoms with Gasteiger partial charge < -0.3 is 53.0 Å². The summed E-state index contributed by atoms with van der Waals surface area (Å²) in [6, 6.07) is 7.78. The lowest BCUT2D eigenvalue weighted by Gasteiger charge is -2.44. The van der Waals surface area contributed by atoms with Crippen molar-refractivity contribution in [1.29, 1.82) is 0 Å². The average molecular weight is 1000 g/mol. The van der Waals surface area contributed by atoms with Gasteiger partial charge in [0.1, 0.15) is 34.1 Å². The maximum atomic E-state index is 13.6. The van der Waals surface area contributed by atoms with E-state index in [-0.39, 0.29) is 88.1 Å². The molecular formula is C44H56ClN9O12S2. The van der Waals surface area contributed by atoms with Gasteiger partial charge in [0, 0.05) is 74.4 Å². The highest BCUT2D eigenvalue weighted by Crippen LogP contribution is 2.50. The molecule has 0 unspecified atom stereocenters. The Morgan fingerprint density at radius 2 is 1.21 bits per heavy atom. The molecule has 6 aliphatic rings. The SMILES string of the molecule is CCOC(=O)N1CCC(c2nc(-c3cccc4[nH]ccc34)nc3c2OC[C@@H]2COCCN32)(S(C)(=O)=O)CC1.CCOC(=O)N1CCC(c2nc(Cl)nc3c2OC[C@@H]2COCCN32)(S(C)(=O)=O)CC1. The van der Waals surface area contributed by atoms with Crippen molar-refractivity contribution >= 4 is 66.0 Å². The van der Waals surface area contributed by atoms with E-state index in [2.05, 4.69) is 19.9 Å². The first-order valence-electron chi connectivity index (χ1n) is 22.8. The number of hydrogen-bond donors (Lipinski definition) is 1. The summed E-state index contributed by atoms with van der Waals surface area (Å²) in [6.07, 6.45) is 4.10. The van der Waals surface area contributed by atoms with Crippen molar-refractivity contribution in [1.82, 2.24) is 34.7 Å². The second kappa shape index (κ2) is 18.9. The van der Waals surface area contributed by atoms with Crippen LogP contribution in [-0.2, 0) is 48.1 Å². The monoisotopic (exact) mass is 1000 g/mol. The molecule has 6 aliphatic heterocycles. The second-order valence-corrected chi connectivity index (χ2v) is 22.6. The molecule has 4 fully saturated rings. The number of carbonyl (C=O) groups is 2. The summed E-state index contributed by atoms with van der Waals surface area (Å²) >= 11 is 6.25. The largest absolute Gasteiger partial charge is 0.486 e. The predicted octanol–water partition coefficient (Wildman–Crippen LogP) is 3.93. The fourth-order valence-electron chi connectivity index (χ4n) is 10.1. The molecule has 0 saturated carbocycles. The topological polar surface area (TPSA) is 238 Å². The van der Waals surface area contributed by atoms with Crippen LogP contribution in [0.2, 0.25) is 5.28 Å². The van der Waals surface area contributed by atoms with Gasteiger partial charge >= 0.3 is 12.2 Å². The number of H-pyrrole nitrogens is 1. The summed E-state index contributed by atoms with van der Waals surface area (Å²) in [5.41, 5.74) is 2.37. The maximum Gasteiger partial charge on any atom is 0.409 e. The molecule has 2 amide bonds. The number of morpholine rings is 2. The van der Waals surface area contributed by atoms with Crippen molar-refractivity contribution in [2.75, 3.05) is 114 Å². The minimum atomic E-state index is -3.69. The average Bonchev–Trinajstić information content (AvgIpc) is 3.83. The molecule has 10 rings (SSSR count). The molecule has 0 bridgehead atoms. The van der Waals surface area contributed by atoms with E-state index in [1.165, 1.54) is 17.4 Å². The van der Waals surface area contributed by atoms with E-state index in [1.54, 1.807) is 18.7 Å². The van der Waals surface area contributed by atoms with Gasteiger partial charge in [-0.05, 0) is 63.3 Å². The third-order valence-corrected chi connectivity index (χ3v) is 18.0. The first-order valence-corrected chi connectivity index (χ1v) is 27.0. The molecule has 2 atom stereocenters. The number of piperidine rings is 2. The Morgan fingerprint density at radius 3 is 1.71 bits per heavy atom. The number of aromatic amines is 1. The van der Waals surface area contributed by atoms with Crippen LogP contribution < -0.4 is 19.3 Å². The Hall–Kier alpha value is -5.23. The number of amides is 2. The van der Waals surface area contributed by atoms with Crippen LogP contribution in [0.5, 0.6) is 11.5 Å². The Labute approximate surface area is 399 Å². The van der Waals surface area contributed by atoms with E-state index < -0.39 is 41.4 Å². The van der Waals surface area contributed by atoms with Crippen molar-refractivity contribution in [3.63, 3.8) is 0 Å². The number of aromatic nitrogens is 5. The van der Waals surface area contributed by atoms with Gasteiger partial charge in [0.25, 0.3) is 0 Å². The molecule has 3 aromatic heterocycles. The lowest BCUT2D eigenvalue weighted by molar-refractivity contribution is 0.0683. The highest BCUT2D eigenvalue weighted by Gasteiger charge is 2.53. The highest BCUT2D eigenvalue weighted by molar-refractivity contribution is 7.92. The number of anilines is 2. The number of halogens is 1. The van der Waals surface area contributed by atoms with Crippen LogP contribution in [-0.4, -0.2) is 180 Å². The molecule has 368 valence electrons. The lowest BCUT2D eigenvalue weighted by atomic mass is 9.90. The summed E-state index contributed by atoms with van der Waals surface area (Å²) in [5, 5.41) is 0.912. The van der Waals surface area contributed by atoms with Gasteiger partial charge in [0.05, 0.1) is 51.7 Å². The first-order chi connectivity index (χ1) is 32.6. The Balaban J connectivity index is 0.000000175. The summed E-state index contributed by atoms with van der Waals surface area (Å²) in [4.78, 5) is 53.6. The molecule has 1 N–H and O–H groups in total. The van der Waals surface area contributed by atoms with Gasteiger partial charge in [-0.2, -0.15) is 4.98 Å². The molecule has 68 heavy (non-hydrogen) atoms. The van der Waals surface area contributed by atoms with Crippen LogP contribution in [0.4, 0.5) is 21.2 Å². The standard InChI is InChI=1S/C26H31N5O6S.C18H25ClN4O6S/c1-3-36-25(32)30-11-8-26(9-12-30,38(2,33)34)22-21-24(31-13-14-35-15-17(31)16-37-21)29-23(28-22)19-5-4-6-20-18(19)7-10-27-20;1-3-28-17(24)22-6-4-18(5-7-22,30(2,25)26)14-13-15(21-16(19)20-14)23-8-9-27-10-12(23)11-29-13/h4-7,10,17,27H,3,8-9,11-16H2,1-2H3;12H,3-11H2,1-2H3/t17-;12-/m00/s1. The van der Waals surface area contributed by atoms with Crippen molar-refractivity contribution in [2.45, 2.75) is 61.1 Å². The Bertz CT molecular complexity index is 2780. The Kier molecular flexibility index (Phi) is 13.3. The smallest absolute Gasteiger partial charge is 0.409 e. The van der Waals surface area contributed by atoms with Crippen LogP contribution >= 0.6 is 11.6 Å². The van der Waals surface area contributed by atoms with Gasteiger partial charge in [-0.25, -0.2) is 41.4 Å². The fraction of sp³-hybridized carbons (Fsp3) is 0.591. The highest BCUT2D eigenvalue weighted by atomic mass is 35.5. The van der Waals surface area contributed by atoms with Crippen LogP contribution in [0.3, 0.4) is 0 Å². The van der Waals surface area contributed by atoms with Gasteiger partial charge in [-0.15, -0.1) is 0 Å². The molecular weight excluding hydrogens is 946 g/mol. The summed E-state index contributed by atoms with van der Waals surface area (Å²) < 4.78 is 84.3. The lowest BCUT2D eigenvalue weighted by Crippen LogP contribution is -2.53. The van der Waals surface area contributed by atoms with E-state index in [9.17, 15) is 26.4 Å². The Morgan fingerprint density at radius 1 is 0.706 bits per heavy atom. The fourth-order valence-corrected chi connectivity index (χ4v) is 13.1. The number of benzene rings is 1. The normalized spacial score (nSPS) is 22.0. The number of ether oxygens (including phenoxy) is 6. The summed E-state index contributed by atoms with van der Waals surface area (Å²) in [6.45, 7) is 8.93. The number of likely N-dealkylation sites (tertiary alicyclic amines) is 2. The van der Waals surface area contributed by atoms with Gasteiger partial charge in [-0.1, -0.05) is 12.1 Å². The first kappa shape index (κ1) is 47.8. The molecule has 0 radical (unpaired) electrons. The van der Waals surface area contributed by atoms with E-state index in [0.29, 0.717) is 87.4 Å². The van der Waals surface area contributed by atoms with Crippen molar-refractivity contribution in [2.24, 2.45) is 0 Å². The molecule has 4 saturated heterocycles. The van der Waals surface area contributed by atoms with E-state index >= 15 is 0 Å². The number of nitrogens with zero attached hydrogens (tertiary/aromatic N) is 8. The molecule has 0 spiro atoms. The van der Waals surface area contributed by atoms with Gasteiger partial charge in [0.2, 0.25) is 5.28 Å². The van der Waals surface area contributed by atoms with Crippen molar-refractivity contribution < 1.29 is 54.8 Å². The van der Waals surface area contributed by atoms with Crippen molar-refractivity contribution in [3.05, 3.63) is 47.1 Å². The minimum Gasteiger partial charge on any atom is -0.486 e. The quantitative estimate of drug-likeness (QED) is 0.258. The third-order valence-electron chi connectivity index (χ3n) is 13.8. The molecule has 0 aliphatic carbocycles. The zero-order chi connectivity index (χ0) is 48.0. The minimum absolute atomic E-state index is 0.00934. The van der Waals surface area contributed by atoms with E-state index in [1.807, 2.05) is 35.4 Å². The summed E-state index contributed by atoms with van der Waals surface area (Å²) in [7, 11) is -7.33. The molecule has 21 nitrogen and oxygen atoms in total. The zero-order valence-corrected chi connectivity index (χ0v) is 40.8. The number of rotatable bonds is 7. The molecule has 4 aromatic rings.